The summed E-state index contributed by atoms with van der Waals surface area (Å²) in [6.45, 7) is 4.27. The van der Waals surface area contributed by atoms with Crippen LogP contribution in [0.25, 0.3) is 0 Å². The first-order chi connectivity index (χ1) is 12.8. The zero-order valence-corrected chi connectivity index (χ0v) is 15.1. The van der Waals surface area contributed by atoms with E-state index in [1.54, 1.807) is 12.1 Å². The average Bonchev–Trinajstić information content (AvgIpc) is 3.02. The number of benzene rings is 1. The highest BCUT2D eigenvalue weighted by molar-refractivity contribution is 6.04. The van der Waals surface area contributed by atoms with Gasteiger partial charge in [0.2, 0.25) is 0 Å². The molecule has 0 unspecified atom stereocenters. The van der Waals surface area contributed by atoms with Crippen LogP contribution in [0.1, 0.15) is 54.4 Å². The topological polar surface area (TPSA) is 51.2 Å². The van der Waals surface area contributed by atoms with Crippen LogP contribution in [-0.2, 0) is 10.9 Å². The summed E-state index contributed by atoms with van der Waals surface area (Å²) >= 11 is 0. The van der Waals surface area contributed by atoms with Crippen molar-refractivity contribution in [2.24, 2.45) is 5.92 Å². The quantitative estimate of drug-likeness (QED) is 0.793. The molecule has 7 heteroatoms. The minimum absolute atomic E-state index is 0.0406. The molecular weight excluding hydrogens is 357 g/mol. The van der Waals surface area contributed by atoms with Crippen molar-refractivity contribution in [1.29, 1.82) is 0 Å². The summed E-state index contributed by atoms with van der Waals surface area (Å²) in [6.07, 6.45) is -1.28. The van der Waals surface area contributed by atoms with Gasteiger partial charge in [-0.15, -0.1) is 0 Å². The second-order valence-corrected chi connectivity index (χ2v) is 6.81. The van der Waals surface area contributed by atoms with E-state index in [0.29, 0.717) is 11.6 Å². The lowest BCUT2D eigenvalue weighted by atomic mass is 9.95. The Morgan fingerprint density at radius 3 is 2.44 bits per heavy atom. The highest BCUT2D eigenvalue weighted by Crippen LogP contribution is 2.39. The molecule has 1 fully saturated rings. The number of anilines is 1. The fourth-order valence-electron chi connectivity index (χ4n) is 3.26. The van der Waals surface area contributed by atoms with E-state index in [0.717, 1.165) is 36.7 Å². The van der Waals surface area contributed by atoms with Crippen molar-refractivity contribution in [2.45, 2.75) is 45.1 Å². The monoisotopic (exact) mass is 378 g/mol. The molecule has 1 aliphatic heterocycles. The van der Waals surface area contributed by atoms with Crippen LogP contribution in [0, 0.1) is 5.92 Å². The van der Waals surface area contributed by atoms with Crippen LogP contribution < -0.4 is 5.32 Å². The maximum absolute atomic E-state index is 12.5. The molecule has 3 atom stereocenters. The van der Waals surface area contributed by atoms with Gasteiger partial charge in [-0.3, -0.25) is 9.78 Å². The largest absolute Gasteiger partial charge is 0.433 e. The van der Waals surface area contributed by atoms with Gasteiger partial charge in [-0.05, 0) is 48.6 Å². The number of hydrogen-bond acceptors (Lipinski definition) is 3. The van der Waals surface area contributed by atoms with Gasteiger partial charge in [0.05, 0.1) is 17.8 Å². The molecular formula is C20H21F3N2O2. The number of aromatic nitrogens is 1. The maximum Gasteiger partial charge on any atom is 0.433 e. The van der Waals surface area contributed by atoms with Crippen LogP contribution >= 0.6 is 0 Å². The highest BCUT2D eigenvalue weighted by atomic mass is 19.4. The summed E-state index contributed by atoms with van der Waals surface area (Å²) in [5, 5.41) is 2.66. The smallest absolute Gasteiger partial charge is 0.370 e. The van der Waals surface area contributed by atoms with E-state index in [2.05, 4.69) is 24.1 Å². The molecule has 2 heterocycles. The third-order valence-electron chi connectivity index (χ3n) is 4.76. The number of ether oxygens (including phenoxy) is 1. The Labute approximate surface area is 155 Å². The molecule has 0 radical (unpaired) electrons. The molecule has 1 N–H and O–H groups in total. The minimum Gasteiger partial charge on any atom is -0.370 e. The van der Waals surface area contributed by atoms with Gasteiger partial charge >= 0.3 is 6.18 Å². The number of nitrogens with one attached hydrogen (secondary N) is 1. The molecule has 27 heavy (non-hydrogen) atoms. The molecule has 1 amide bonds. The van der Waals surface area contributed by atoms with E-state index in [4.69, 9.17) is 4.74 Å². The normalized spacial score (nSPS) is 22.6. The maximum atomic E-state index is 12.5. The predicted octanol–water partition coefficient (Wildman–Crippen LogP) is 5.23. The van der Waals surface area contributed by atoms with E-state index in [-0.39, 0.29) is 17.8 Å². The Hall–Kier alpha value is -2.41. The predicted molar refractivity (Wildman–Crippen MR) is 95.3 cm³/mol. The number of carbonyl (C=O) groups is 1. The van der Waals surface area contributed by atoms with Crippen LogP contribution in [0.2, 0.25) is 0 Å². The Bertz CT molecular complexity index is 788. The van der Waals surface area contributed by atoms with Crippen molar-refractivity contribution in [2.75, 3.05) is 5.32 Å². The van der Waals surface area contributed by atoms with Gasteiger partial charge < -0.3 is 10.1 Å². The summed E-state index contributed by atoms with van der Waals surface area (Å²) in [4.78, 5) is 15.5. The Morgan fingerprint density at radius 1 is 1.22 bits per heavy atom. The lowest BCUT2D eigenvalue weighted by molar-refractivity contribution is -0.141. The van der Waals surface area contributed by atoms with E-state index in [1.165, 1.54) is 0 Å². The van der Waals surface area contributed by atoms with Crippen molar-refractivity contribution in [3.05, 3.63) is 59.4 Å². The molecule has 4 nitrogen and oxygen atoms in total. The molecule has 3 rings (SSSR count). The Morgan fingerprint density at radius 2 is 1.93 bits per heavy atom. The van der Waals surface area contributed by atoms with Gasteiger partial charge in [-0.2, -0.15) is 13.2 Å². The Kier molecular flexibility index (Phi) is 5.51. The first-order valence-electron chi connectivity index (χ1n) is 8.88. The van der Waals surface area contributed by atoms with E-state index in [9.17, 15) is 18.0 Å². The third kappa shape index (κ3) is 4.47. The number of nitrogens with zero attached hydrogens (tertiary/aromatic N) is 1. The van der Waals surface area contributed by atoms with Gasteiger partial charge in [0, 0.05) is 11.9 Å². The van der Waals surface area contributed by atoms with Gasteiger partial charge in [0.1, 0.15) is 5.69 Å². The van der Waals surface area contributed by atoms with Crippen LogP contribution in [0.5, 0.6) is 0 Å². The van der Waals surface area contributed by atoms with E-state index >= 15 is 0 Å². The lowest BCUT2D eigenvalue weighted by Gasteiger charge is -2.16. The fourth-order valence-corrected chi connectivity index (χ4v) is 3.26. The zero-order valence-electron chi connectivity index (χ0n) is 15.1. The second kappa shape index (κ2) is 7.68. The molecule has 1 aromatic heterocycles. The molecule has 2 aromatic rings. The molecule has 144 valence electrons. The molecule has 0 aliphatic carbocycles. The zero-order chi connectivity index (χ0) is 19.6. The standard InChI is InChI=1S/C20H21F3N2O2/c1-3-16-10-12(2)18(27-16)13-4-7-15(8-5-13)25-19(26)14-6-9-17(24-11-14)20(21,22)23/h4-9,11-12,16,18H,3,10H2,1-2H3,(H,25,26)/t12-,16+,18-/m1/s1. The van der Waals surface area contributed by atoms with Crippen LogP contribution in [0.4, 0.5) is 18.9 Å². The van der Waals surface area contributed by atoms with Crippen LogP contribution in [0.3, 0.4) is 0 Å². The van der Waals surface area contributed by atoms with E-state index in [1.807, 2.05) is 12.1 Å². The first-order valence-corrected chi connectivity index (χ1v) is 8.88. The molecule has 1 aliphatic rings. The first kappa shape index (κ1) is 19.4. The molecule has 0 saturated carbocycles. The number of pyridine rings is 1. The number of alkyl halides is 3. The average molecular weight is 378 g/mol. The van der Waals surface area contributed by atoms with Crippen molar-refractivity contribution in [3.8, 4) is 0 Å². The van der Waals surface area contributed by atoms with E-state index < -0.39 is 17.8 Å². The fraction of sp³-hybridized carbons (Fsp3) is 0.400. The third-order valence-corrected chi connectivity index (χ3v) is 4.76. The number of hydrogen-bond donors (Lipinski definition) is 1. The summed E-state index contributed by atoms with van der Waals surface area (Å²) < 4.78 is 43.7. The SMILES string of the molecule is CC[C@H]1C[C@@H](C)[C@H](c2ccc(NC(=O)c3ccc(C(F)(F)F)nc3)cc2)O1. The van der Waals surface area contributed by atoms with Crippen molar-refractivity contribution >= 4 is 11.6 Å². The van der Waals surface area contributed by atoms with Gasteiger partial charge in [-0.1, -0.05) is 26.0 Å². The molecule has 1 aromatic carbocycles. The van der Waals surface area contributed by atoms with Crippen molar-refractivity contribution in [3.63, 3.8) is 0 Å². The summed E-state index contributed by atoms with van der Waals surface area (Å²) in [7, 11) is 0. The van der Waals surface area contributed by atoms with Crippen LogP contribution in [0.15, 0.2) is 42.6 Å². The molecule has 0 bridgehead atoms. The molecule has 1 saturated heterocycles. The number of carbonyl (C=O) groups excluding carboxylic acids is 1. The molecule has 0 spiro atoms. The summed E-state index contributed by atoms with van der Waals surface area (Å²) in [5.41, 5.74) is 0.638. The van der Waals surface area contributed by atoms with Crippen molar-refractivity contribution < 1.29 is 22.7 Å². The Balaban J connectivity index is 1.65. The van der Waals surface area contributed by atoms with Gasteiger partial charge in [-0.25, -0.2) is 0 Å². The van der Waals surface area contributed by atoms with Gasteiger partial charge in [0.15, 0.2) is 0 Å². The minimum atomic E-state index is -4.53. The summed E-state index contributed by atoms with van der Waals surface area (Å²) in [6, 6.07) is 9.24. The number of rotatable bonds is 4. The lowest BCUT2D eigenvalue weighted by Crippen LogP contribution is -2.14. The summed E-state index contributed by atoms with van der Waals surface area (Å²) in [5.74, 6) is -0.0888. The van der Waals surface area contributed by atoms with Gasteiger partial charge in [0.25, 0.3) is 5.91 Å². The van der Waals surface area contributed by atoms with Crippen LogP contribution in [-0.4, -0.2) is 17.0 Å². The second-order valence-electron chi connectivity index (χ2n) is 6.81. The highest BCUT2D eigenvalue weighted by Gasteiger charge is 2.33. The van der Waals surface area contributed by atoms with Crippen molar-refractivity contribution in [1.82, 2.24) is 4.98 Å². The number of halogens is 3. The number of amides is 1.